The van der Waals surface area contributed by atoms with Crippen LogP contribution in [0.1, 0.15) is 31.2 Å². The minimum Gasteiger partial charge on any atom is -0.396 e. The van der Waals surface area contributed by atoms with Crippen molar-refractivity contribution in [2.45, 2.75) is 68.5 Å². The number of aromatic amines is 2. The Morgan fingerprint density at radius 2 is 1.88 bits per heavy atom. The van der Waals surface area contributed by atoms with Crippen LogP contribution in [0.25, 0.3) is 0 Å². The molecular weight excluding hydrogens is 532 g/mol. The van der Waals surface area contributed by atoms with Crippen LogP contribution in [0.15, 0.2) is 34.4 Å². The van der Waals surface area contributed by atoms with E-state index in [4.69, 9.17) is 4.74 Å². The van der Waals surface area contributed by atoms with Crippen molar-refractivity contribution in [3.8, 4) is 0 Å². The molecule has 16 nitrogen and oxygen atoms in total. The summed E-state index contributed by atoms with van der Waals surface area (Å²) in [4.78, 5) is 58.2. The zero-order valence-corrected chi connectivity index (χ0v) is 21.4. The molecule has 2 amide bonds. The van der Waals surface area contributed by atoms with E-state index in [1.807, 2.05) is 4.98 Å². The lowest BCUT2D eigenvalue weighted by Crippen LogP contribution is -2.50. The first kappa shape index (κ1) is 29.6. The van der Waals surface area contributed by atoms with Crippen molar-refractivity contribution in [3.63, 3.8) is 0 Å². The Labute approximate surface area is 227 Å². The maximum Gasteiger partial charge on any atom is 0.330 e. The second-order valence-corrected chi connectivity index (χ2v) is 10.2. The molecule has 4 rings (SSSR count). The molecule has 40 heavy (non-hydrogen) atoms. The van der Waals surface area contributed by atoms with E-state index in [-0.39, 0.29) is 32.4 Å². The lowest BCUT2D eigenvalue weighted by Gasteiger charge is -2.22. The van der Waals surface area contributed by atoms with E-state index in [1.54, 1.807) is 6.20 Å². The second-order valence-electron chi connectivity index (χ2n) is 10.2. The third kappa shape index (κ3) is 6.65. The molecular formula is C24H34N6O10. The van der Waals surface area contributed by atoms with Crippen LogP contribution in [0.2, 0.25) is 0 Å². The molecule has 1 saturated carbocycles. The number of ether oxygens (including phenoxy) is 1. The fourth-order valence-electron chi connectivity index (χ4n) is 5.17. The summed E-state index contributed by atoms with van der Waals surface area (Å²) in [5.41, 5.74) is -0.771. The van der Waals surface area contributed by atoms with Crippen LogP contribution in [0.4, 0.5) is 0 Å². The summed E-state index contributed by atoms with van der Waals surface area (Å²) < 4.78 is 6.52. The van der Waals surface area contributed by atoms with Crippen LogP contribution in [0.3, 0.4) is 0 Å². The van der Waals surface area contributed by atoms with E-state index in [2.05, 4.69) is 20.6 Å². The zero-order chi connectivity index (χ0) is 29.0. The fraction of sp³-hybridized carbons (Fsp3) is 0.625. The normalized spacial score (nSPS) is 30.7. The Kier molecular flexibility index (Phi) is 9.49. The number of aromatic nitrogens is 4. The Bertz CT molecular complexity index is 1270. The molecule has 0 spiro atoms. The molecule has 0 radical (unpaired) electrons. The number of carbonyl (C=O) groups is 2. The number of amides is 2. The van der Waals surface area contributed by atoms with Gasteiger partial charge < -0.3 is 45.9 Å². The first-order valence-electron chi connectivity index (χ1n) is 12.9. The molecule has 220 valence electrons. The molecule has 0 aromatic carbocycles. The number of nitrogens with one attached hydrogen (secondary N) is 4. The summed E-state index contributed by atoms with van der Waals surface area (Å²) in [6, 6.07) is 0.0234. The van der Waals surface area contributed by atoms with E-state index in [1.165, 1.54) is 6.33 Å². The van der Waals surface area contributed by atoms with Gasteiger partial charge in [-0.1, -0.05) is 0 Å². The Balaban J connectivity index is 1.38. The van der Waals surface area contributed by atoms with E-state index >= 15 is 0 Å². The molecule has 9 atom stereocenters. The monoisotopic (exact) mass is 566 g/mol. The van der Waals surface area contributed by atoms with Crippen LogP contribution >= 0.6 is 0 Å². The standard InChI is InChI=1S/C24H34N6O10/c31-9-12-5-11(18(34)19(12)35)6-17(33)28-14(2-1-13-7-25-10-27-13)22(38)26-8-15-20(36)21(37)23(40-15)30-4-3-16(32)29-24(30)39/h3-4,7,10-12,14-15,18-21,23,31,34-37H,1-2,5-6,8-9H2,(H,25,27)(H,26,38)(H,28,33)(H,29,32,39)/t11-,12-,14+,15?,18-,19-,20+,21+,23+/m0/s1. The van der Waals surface area contributed by atoms with E-state index in [0.717, 1.165) is 22.5 Å². The van der Waals surface area contributed by atoms with Gasteiger partial charge in [-0.15, -0.1) is 0 Å². The van der Waals surface area contributed by atoms with Gasteiger partial charge in [0.05, 0.1) is 18.5 Å². The molecule has 2 aromatic heterocycles. The van der Waals surface area contributed by atoms with E-state index in [0.29, 0.717) is 6.42 Å². The van der Waals surface area contributed by atoms with Gasteiger partial charge in [-0.2, -0.15) is 0 Å². The third-order valence-corrected chi connectivity index (χ3v) is 7.45. The van der Waals surface area contributed by atoms with Gasteiger partial charge in [0.15, 0.2) is 6.23 Å². The molecule has 2 aromatic rings. The van der Waals surface area contributed by atoms with Crippen molar-refractivity contribution in [2.75, 3.05) is 13.2 Å². The quantitative estimate of drug-likeness (QED) is 0.126. The highest BCUT2D eigenvalue weighted by atomic mass is 16.6. The fourth-order valence-corrected chi connectivity index (χ4v) is 5.17. The number of hydrogen-bond acceptors (Lipinski definition) is 11. The van der Waals surface area contributed by atoms with Crippen LogP contribution < -0.4 is 21.9 Å². The van der Waals surface area contributed by atoms with Gasteiger partial charge in [0.25, 0.3) is 5.56 Å². The molecule has 0 bridgehead atoms. The average Bonchev–Trinajstić information content (AvgIpc) is 3.61. The summed E-state index contributed by atoms with van der Waals surface area (Å²) in [6.07, 6.45) is -3.00. The largest absolute Gasteiger partial charge is 0.396 e. The van der Waals surface area contributed by atoms with Gasteiger partial charge in [0.2, 0.25) is 11.8 Å². The smallest absolute Gasteiger partial charge is 0.330 e. The molecule has 9 N–H and O–H groups in total. The van der Waals surface area contributed by atoms with Crippen molar-refractivity contribution in [1.82, 2.24) is 30.2 Å². The maximum absolute atomic E-state index is 13.1. The molecule has 1 saturated heterocycles. The Morgan fingerprint density at radius 3 is 2.52 bits per heavy atom. The number of hydrogen-bond donors (Lipinski definition) is 9. The summed E-state index contributed by atoms with van der Waals surface area (Å²) in [7, 11) is 0. The Morgan fingerprint density at radius 1 is 1.12 bits per heavy atom. The number of nitrogens with zero attached hydrogens (tertiary/aromatic N) is 2. The number of aryl methyl sites for hydroxylation is 1. The van der Waals surface area contributed by atoms with Gasteiger partial charge >= 0.3 is 5.69 Å². The first-order valence-corrected chi connectivity index (χ1v) is 12.9. The minimum atomic E-state index is -1.53. The second kappa shape index (κ2) is 12.8. The molecule has 1 aliphatic heterocycles. The van der Waals surface area contributed by atoms with Crippen molar-refractivity contribution in [3.05, 3.63) is 51.3 Å². The predicted molar refractivity (Wildman–Crippen MR) is 134 cm³/mol. The third-order valence-electron chi connectivity index (χ3n) is 7.45. The molecule has 1 aliphatic carbocycles. The number of aliphatic hydroxyl groups is 5. The predicted octanol–water partition coefficient (Wildman–Crippen LogP) is -4.15. The number of imidazole rings is 1. The van der Waals surface area contributed by atoms with E-state index < -0.39 is 77.7 Å². The van der Waals surface area contributed by atoms with Crippen molar-refractivity contribution in [2.24, 2.45) is 11.8 Å². The molecule has 3 heterocycles. The number of carbonyl (C=O) groups excluding carboxylic acids is 2. The van der Waals surface area contributed by atoms with Crippen molar-refractivity contribution in [1.29, 1.82) is 0 Å². The Hall–Kier alpha value is -3.41. The number of rotatable bonds is 11. The van der Waals surface area contributed by atoms with Gasteiger partial charge in [0, 0.05) is 49.6 Å². The summed E-state index contributed by atoms with van der Waals surface area (Å²) in [5.74, 6) is -2.29. The van der Waals surface area contributed by atoms with Crippen LogP contribution in [0, 0.1) is 11.8 Å². The first-order chi connectivity index (χ1) is 19.1. The summed E-state index contributed by atoms with van der Waals surface area (Å²) in [5, 5.41) is 55.7. The number of aliphatic hydroxyl groups excluding tert-OH is 5. The lowest BCUT2D eigenvalue weighted by atomic mass is 9.99. The molecule has 2 fully saturated rings. The minimum absolute atomic E-state index is 0.168. The average molecular weight is 567 g/mol. The summed E-state index contributed by atoms with van der Waals surface area (Å²) in [6.45, 7) is -0.596. The summed E-state index contributed by atoms with van der Waals surface area (Å²) >= 11 is 0. The number of H-pyrrole nitrogens is 2. The highest BCUT2D eigenvalue weighted by Gasteiger charge is 2.45. The maximum atomic E-state index is 13.1. The van der Waals surface area contributed by atoms with Crippen LogP contribution in [-0.2, 0) is 20.7 Å². The van der Waals surface area contributed by atoms with Crippen LogP contribution in [-0.4, -0.2) is 107 Å². The van der Waals surface area contributed by atoms with Gasteiger partial charge in [-0.25, -0.2) is 9.78 Å². The molecule has 2 aliphatic rings. The van der Waals surface area contributed by atoms with Crippen molar-refractivity contribution < 1.29 is 39.9 Å². The SMILES string of the molecule is O=C(C[C@@H]1C[C@@H](CO)[C@H](O)[C@H]1O)N[C@H](CCc1cnc[nH]1)C(=O)NCC1O[C@@H](n2ccc(=O)[nH]c2=O)[C@H](O)[C@@H]1O. The highest BCUT2D eigenvalue weighted by molar-refractivity contribution is 5.87. The highest BCUT2D eigenvalue weighted by Crippen LogP contribution is 2.33. The van der Waals surface area contributed by atoms with E-state index in [9.17, 15) is 44.7 Å². The molecule has 1 unspecified atom stereocenters. The van der Waals surface area contributed by atoms with Gasteiger partial charge in [0.1, 0.15) is 24.4 Å². The lowest BCUT2D eigenvalue weighted by molar-refractivity contribution is -0.130. The molecule has 16 heteroatoms. The van der Waals surface area contributed by atoms with Crippen molar-refractivity contribution >= 4 is 11.8 Å². The topological polar surface area (TPSA) is 252 Å². The zero-order valence-electron chi connectivity index (χ0n) is 21.4. The van der Waals surface area contributed by atoms with Gasteiger partial charge in [-0.05, 0) is 25.2 Å². The van der Waals surface area contributed by atoms with Crippen LogP contribution in [0.5, 0.6) is 0 Å². The van der Waals surface area contributed by atoms with Gasteiger partial charge in [-0.3, -0.25) is 23.9 Å².